The van der Waals surface area contributed by atoms with Gasteiger partial charge in [0.2, 0.25) is 0 Å². The van der Waals surface area contributed by atoms with E-state index in [0.717, 1.165) is 17.8 Å². The van der Waals surface area contributed by atoms with Gasteiger partial charge in [-0.2, -0.15) is 0 Å². The van der Waals surface area contributed by atoms with Crippen LogP contribution in [0.5, 0.6) is 0 Å². The Balaban J connectivity index is 2.54. The highest BCUT2D eigenvalue weighted by molar-refractivity contribution is 5.41. The van der Waals surface area contributed by atoms with Crippen LogP contribution in [0.1, 0.15) is 49.3 Å². The van der Waals surface area contributed by atoms with Crippen LogP contribution in [0.4, 0.5) is 0 Å². The smallest absolute Gasteiger partial charge is 0.0156 e. The van der Waals surface area contributed by atoms with Gasteiger partial charge in [0.05, 0.1) is 0 Å². The van der Waals surface area contributed by atoms with Crippen LogP contribution in [0.25, 0.3) is 0 Å². The summed E-state index contributed by atoms with van der Waals surface area (Å²) in [6.45, 7) is 9.25. The van der Waals surface area contributed by atoms with Gasteiger partial charge < -0.3 is 0 Å². The highest BCUT2D eigenvalue weighted by Crippen LogP contribution is 2.45. The molecule has 0 heteroatoms. The minimum Gasteiger partial charge on any atom is -0.0614 e. The molecule has 0 saturated carbocycles. The molecule has 0 amide bonds. The molecule has 1 aromatic rings. The first-order valence-corrected chi connectivity index (χ1v) is 5.21. The fourth-order valence-electron chi connectivity index (χ4n) is 2.50. The number of benzene rings is 1. The molecule has 70 valence electrons. The van der Waals surface area contributed by atoms with Crippen molar-refractivity contribution in [2.24, 2.45) is 5.92 Å². The van der Waals surface area contributed by atoms with Crippen molar-refractivity contribution in [3.05, 3.63) is 34.9 Å². The fourth-order valence-corrected chi connectivity index (χ4v) is 2.50. The van der Waals surface area contributed by atoms with E-state index in [9.17, 15) is 0 Å². The van der Waals surface area contributed by atoms with Crippen molar-refractivity contribution in [1.29, 1.82) is 0 Å². The number of hydrogen-bond donors (Lipinski definition) is 0. The molecule has 3 atom stereocenters. The van der Waals surface area contributed by atoms with Gasteiger partial charge in [-0.15, -0.1) is 0 Å². The number of rotatable bonds is 0. The van der Waals surface area contributed by atoms with Gasteiger partial charge in [-0.1, -0.05) is 44.5 Å². The van der Waals surface area contributed by atoms with Gasteiger partial charge >= 0.3 is 0 Å². The van der Waals surface area contributed by atoms with Crippen LogP contribution in [0, 0.1) is 12.8 Å². The van der Waals surface area contributed by atoms with Crippen molar-refractivity contribution < 1.29 is 0 Å². The van der Waals surface area contributed by atoms with Crippen molar-refractivity contribution in [3.8, 4) is 0 Å². The second kappa shape index (κ2) is 2.87. The molecule has 0 radical (unpaired) electrons. The van der Waals surface area contributed by atoms with E-state index in [1.54, 1.807) is 11.1 Å². The molecule has 0 nitrogen and oxygen atoms in total. The van der Waals surface area contributed by atoms with Crippen LogP contribution in [-0.2, 0) is 0 Å². The van der Waals surface area contributed by atoms with Crippen molar-refractivity contribution in [1.82, 2.24) is 0 Å². The largest absolute Gasteiger partial charge is 0.0614 e. The summed E-state index contributed by atoms with van der Waals surface area (Å²) in [7, 11) is 0. The second-order valence-corrected chi connectivity index (χ2v) is 4.57. The van der Waals surface area contributed by atoms with Gasteiger partial charge in [-0.25, -0.2) is 0 Å². The Morgan fingerprint density at radius 1 is 0.923 bits per heavy atom. The summed E-state index contributed by atoms with van der Waals surface area (Å²) < 4.78 is 0. The van der Waals surface area contributed by atoms with E-state index >= 15 is 0 Å². The molecule has 1 aromatic carbocycles. The lowest BCUT2D eigenvalue weighted by atomic mass is 9.91. The van der Waals surface area contributed by atoms with E-state index in [1.807, 2.05) is 0 Å². The number of hydrogen-bond acceptors (Lipinski definition) is 0. The van der Waals surface area contributed by atoms with Crippen molar-refractivity contribution in [2.45, 2.75) is 39.5 Å². The zero-order valence-electron chi connectivity index (χ0n) is 8.96. The minimum absolute atomic E-state index is 0.741. The normalized spacial score (nSPS) is 31.8. The average molecular weight is 174 g/mol. The topological polar surface area (TPSA) is 0 Å². The molecule has 0 fully saturated rings. The Labute approximate surface area is 81.0 Å². The maximum absolute atomic E-state index is 2.37. The highest BCUT2D eigenvalue weighted by Gasteiger charge is 2.31. The average Bonchev–Trinajstić information content (AvgIpc) is 2.32. The first-order valence-electron chi connectivity index (χ1n) is 5.21. The quantitative estimate of drug-likeness (QED) is 0.560. The fraction of sp³-hybridized carbons (Fsp3) is 0.538. The maximum atomic E-state index is 2.37. The lowest BCUT2D eigenvalue weighted by Gasteiger charge is -2.13. The Morgan fingerprint density at radius 2 is 1.54 bits per heavy atom. The Hall–Kier alpha value is -0.780. The predicted octanol–water partition coefficient (Wildman–Crippen LogP) is 3.85. The summed E-state index contributed by atoms with van der Waals surface area (Å²) in [6.07, 6.45) is 0. The van der Waals surface area contributed by atoms with E-state index in [0.29, 0.717) is 0 Å². The van der Waals surface area contributed by atoms with E-state index < -0.39 is 0 Å². The molecule has 0 N–H and O–H groups in total. The summed E-state index contributed by atoms with van der Waals surface area (Å²) in [6, 6.07) is 6.91. The van der Waals surface area contributed by atoms with Crippen LogP contribution in [0.2, 0.25) is 0 Å². The van der Waals surface area contributed by atoms with E-state index in [4.69, 9.17) is 0 Å². The minimum atomic E-state index is 0.741. The van der Waals surface area contributed by atoms with Crippen LogP contribution in [-0.4, -0.2) is 0 Å². The third kappa shape index (κ3) is 1.20. The molecule has 0 bridgehead atoms. The summed E-state index contributed by atoms with van der Waals surface area (Å²) >= 11 is 0. The lowest BCUT2D eigenvalue weighted by Crippen LogP contribution is -2.01. The molecule has 0 saturated heterocycles. The standard InChI is InChI=1S/C13H18/c1-8-5-6-12-10(3)9(2)11(4)13(12)7-8/h5-7,9-11H,1-4H3. The molecular formula is C13H18. The summed E-state index contributed by atoms with van der Waals surface area (Å²) in [4.78, 5) is 0. The summed E-state index contributed by atoms with van der Waals surface area (Å²) in [5.74, 6) is 2.28. The molecule has 0 spiro atoms. The van der Waals surface area contributed by atoms with Crippen LogP contribution < -0.4 is 0 Å². The van der Waals surface area contributed by atoms with Crippen LogP contribution in [0.3, 0.4) is 0 Å². The monoisotopic (exact) mass is 174 g/mol. The zero-order valence-corrected chi connectivity index (χ0v) is 8.96. The van der Waals surface area contributed by atoms with Crippen molar-refractivity contribution in [2.75, 3.05) is 0 Å². The highest BCUT2D eigenvalue weighted by atomic mass is 14.4. The molecule has 0 aliphatic heterocycles. The van der Waals surface area contributed by atoms with Gasteiger partial charge in [0, 0.05) is 0 Å². The van der Waals surface area contributed by atoms with Gasteiger partial charge in [0.25, 0.3) is 0 Å². The molecule has 1 aliphatic carbocycles. The van der Waals surface area contributed by atoms with Gasteiger partial charge in [-0.3, -0.25) is 0 Å². The Bertz CT molecular complexity index is 325. The van der Waals surface area contributed by atoms with E-state index in [2.05, 4.69) is 45.9 Å². The zero-order chi connectivity index (χ0) is 9.59. The second-order valence-electron chi connectivity index (χ2n) is 4.57. The van der Waals surface area contributed by atoms with Gasteiger partial charge in [0.1, 0.15) is 0 Å². The van der Waals surface area contributed by atoms with E-state index in [-0.39, 0.29) is 0 Å². The molecule has 0 aromatic heterocycles. The van der Waals surface area contributed by atoms with Crippen molar-refractivity contribution >= 4 is 0 Å². The third-order valence-corrected chi connectivity index (χ3v) is 3.80. The van der Waals surface area contributed by atoms with E-state index in [1.165, 1.54) is 5.56 Å². The Morgan fingerprint density at radius 3 is 2.23 bits per heavy atom. The molecular weight excluding hydrogens is 156 g/mol. The van der Waals surface area contributed by atoms with Crippen molar-refractivity contribution in [3.63, 3.8) is 0 Å². The van der Waals surface area contributed by atoms with Crippen LogP contribution >= 0.6 is 0 Å². The summed E-state index contributed by atoms with van der Waals surface area (Å²) in [5.41, 5.74) is 4.55. The number of fused-ring (bicyclic) bond motifs is 1. The predicted molar refractivity (Wildman–Crippen MR) is 57.2 cm³/mol. The van der Waals surface area contributed by atoms with Crippen LogP contribution in [0.15, 0.2) is 18.2 Å². The molecule has 0 heterocycles. The summed E-state index contributed by atoms with van der Waals surface area (Å²) in [5, 5.41) is 0. The number of aryl methyl sites for hydroxylation is 1. The molecule has 2 rings (SSSR count). The third-order valence-electron chi connectivity index (χ3n) is 3.80. The molecule has 1 aliphatic rings. The lowest BCUT2D eigenvalue weighted by molar-refractivity contribution is 0.464. The maximum Gasteiger partial charge on any atom is -0.0156 e. The Kier molecular flexibility index (Phi) is 1.94. The molecule has 13 heavy (non-hydrogen) atoms. The van der Waals surface area contributed by atoms with Gasteiger partial charge in [-0.05, 0) is 35.8 Å². The first-order chi connectivity index (χ1) is 6.11. The van der Waals surface area contributed by atoms with Gasteiger partial charge in [0.15, 0.2) is 0 Å². The molecule has 3 unspecified atom stereocenters. The SMILES string of the molecule is Cc1ccc2c(c1)C(C)C(C)C2C. The first kappa shape index (κ1) is 8.80.